The van der Waals surface area contributed by atoms with Crippen molar-refractivity contribution in [1.82, 2.24) is 0 Å². The van der Waals surface area contributed by atoms with Gasteiger partial charge in [-0.25, -0.2) is 9.59 Å². The zero-order chi connectivity index (χ0) is 12.1. The van der Waals surface area contributed by atoms with Crippen molar-refractivity contribution in [3.63, 3.8) is 0 Å². The van der Waals surface area contributed by atoms with Crippen LogP contribution in [0.1, 0.15) is 0 Å². The van der Waals surface area contributed by atoms with Gasteiger partial charge in [-0.3, -0.25) is 0 Å². The highest BCUT2D eigenvalue weighted by molar-refractivity contribution is 6.52. The molecule has 0 radical (unpaired) electrons. The third-order valence-corrected chi connectivity index (χ3v) is 2.30. The number of rotatable bonds is 3. The Kier molecular flexibility index (Phi) is 4.34. The van der Waals surface area contributed by atoms with Gasteiger partial charge in [0.1, 0.15) is 5.75 Å². The first-order valence-electron chi connectivity index (χ1n) is 4.08. The third-order valence-electron chi connectivity index (χ3n) is 1.51. The van der Waals surface area contributed by atoms with Gasteiger partial charge in [0, 0.05) is 0 Å². The van der Waals surface area contributed by atoms with Gasteiger partial charge in [0.15, 0.2) is 10.1 Å². The van der Waals surface area contributed by atoms with Gasteiger partial charge in [0.2, 0.25) is 0 Å². The summed E-state index contributed by atoms with van der Waals surface area (Å²) in [6.07, 6.45) is 0. The number of halogens is 2. The van der Waals surface area contributed by atoms with Crippen LogP contribution in [0, 0.1) is 0 Å². The van der Waals surface area contributed by atoms with E-state index in [1.165, 1.54) is 12.1 Å². The molecule has 6 heteroatoms. The molecule has 0 fully saturated rings. The van der Waals surface area contributed by atoms with Crippen molar-refractivity contribution in [2.45, 2.75) is 0 Å². The Morgan fingerprint density at radius 1 is 1.06 bits per heavy atom. The molecular weight excluding hydrogens is 255 g/mol. The van der Waals surface area contributed by atoms with Crippen LogP contribution in [-0.2, 0) is 9.59 Å². The van der Waals surface area contributed by atoms with E-state index in [0.29, 0.717) is 0 Å². The Bertz CT molecular complexity index is 439. The summed E-state index contributed by atoms with van der Waals surface area (Å²) in [5, 5.41) is 7.04. The lowest BCUT2D eigenvalue weighted by atomic mass is 10.3. The lowest BCUT2D eigenvalue weighted by Gasteiger charge is -2.02. The highest BCUT2D eigenvalue weighted by Gasteiger charge is 2.18. The number of hydrogen-bond acceptors (Lipinski definition) is 3. The van der Waals surface area contributed by atoms with Crippen molar-refractivity contribution in [3.8, 4) is 5.75 Å². The van der Waals surface area contributed by atoms with Crippen LogP contribution in [0.4, 0.5) is 0 Å². The molecule has 0 spiro atoms. The van der Waals surface area contributed by atoms with Gasteiger partial charge in [0.25, 0.3) is 0 Å². The average Bonchev–Trinajstić information content (AvgIpc) is 2.28. The molecule has 0 heterocycles. The zero-order valence-corrected chi connectivity index (χ0v) is 9.33. The molecule has 0 bridgehead atoms. The minimum absolute atomic E-state index is 0.250. The molecule has 1 aromatic carbocycles. The van der Waals surface area contributed by atoms with E-state index >= 15 is 0 Å². The standard InChI is InChI=1S/C10H6Cl2O4/c11-7(9(13)14)8(12)10(15)16-6-4-2-1-3-5-6/h1-5H,(H,13,14)/b8-7-. The van der Waals surface area contributed by atoms with E-state index in [4.69, 9.17) is 33.0 Å². The van der Waals surface area contributed by atoms with Crippen molar-refractivity contribution in [2.24, 2.45) is 0 Å². The van der Waals surface area contributed by atoms with E-state index in [2.05, 4.69) is 0 Å². The van der Waals surface area contributed by atoms with Crippen LogP contribution in [0.3, 0.4) is 0 Å². The van der Waals surface area contributed by atoms with E-state index in [1.54, 1.807) is 18.2 Å². The lowest BCUT2D eigenvalue weighted by molar-refractivity contribution is -0.133. The molecule has 84 valence electrons. The normalized spacial score (nSPS) is 11.6. The first-order chi connectivity index (χ1) is 7.52. The number of benzene rings is 1. The number of para-hydroxylation sites is 1. The van der Waals surface area contributed by atoms with Crippen molar-refractivity contribution < 1.29 is 19.4 Å². The van der Waals surface area contributed by atoms with Crippen LogP contribution >= 0.6 is 23.2 Å². The van der Waals surface area contributed by atoms with Gasteiger partial charge in [-0.1, -0.05) is 41.4 Å². The molecule has 0 saturated carbocycles. The summed E-state index contributed by atoms with van der Waals surface area (Å²) in [7, 11) is 0. The lowest BCUT2D eigenvalue weighted by Crippen LogP contribution is -2.11. The third kappa shape index (κ3) is 3.25. The van der Waals surface area contributed by atoms with E-state index in [9.17, 15) is 9.59 Å². The van der Waals surface area contributed by atoms with Crippen molar-refractivity contribution in [1.29, 1.82) is 0 Å². The zero-order valence-electron chi connectivity index (χ0n) is 7.81. The van der Waals surface area contributed by atoms with Gasteiger partial charge >= 0.3 is 11.9 Å². The van der Waals surface area contributed by atoms with Gasteiger partial charge in [0.05, 0.1) is 0 Å². The number of hydrogen-bond donors (Lipinski definition) is 1. The Morgan fingerprint density at radius 2 is 1.62 bits per heavy atom. The Hall–Kier alpha value is -1.52. The molecule has 0 aliphatic heterocycles. The van der Waals surface area contributed by atoms with E-state index in [-0.39, 0.29) is 5.75 Å². The Balaban J connectivity index is 2.82. The second-order valence-corrected chi connectivity index (χ2v) is 3.39. The molecule has 16 heavy (non-hydrogen) atoms. The van der Waals surface area contributed by atoms with Gasteiger partial charge < -0.3 is 9.84 Å². The second kappa shape index (κ2) is 5.53. The van der Waals surface area contributed by atoms with E-state index in [0.717, 1.165) is 0 Å². The fourth-order valence-corrected chi connectivity index (χ4v) is 1.02. The van der Waals surface area contributed by atoms with Crippen LogP contribution in [0.5, 0.6) is 5.75 Å². The van der Waals surface area contributed by atoms with Crippen molar-refractivity contribution >= 4 is 35.1 Å². The van der Waals surface area contributed by atoms with Crippen LogP contribution in [0.25, 0.3) is 0 Å². The molecular formula is C10H6Cl2O4. The van der Waals surface area contributed by atoms with Gasteiger partial charge in [-0.15, -0.1) is 0 Å². The quantitative estimate of drug-likeness (QED) is 0.515. The highest BCUT2D eigenvalue weighted by Crippen LogP contribution is 2.18. The summed E-state index contributed by atoms with van der Waals surface area (Å²) < 4.78 is 4.77. The van der Waals surface area contributed by atoms with Gasteiger partial charge in [-0.05, 0) is 12.1 Å². The monoisotopic (exact) mass is 260 g/mol. The second-order valence-electron chi connectivity index (χ2n) is 2.64. The van der Waals surface area contributed by atoms with Crippen LogP contribution in [-0.4, -0.2) is 17.0 Å². The number of carboxylic acid groups (broad SMARTS) is 1. The number of carboxylic acids is 1. The predicted molar refractivity (Wildman–Crippen MR) is 58.4 cm³/mol. The van der Waals surface area contributed by atoms with Crippen LogP contribution < -0.4 is 4.74 Å². The van der Waals surface area contributed by atoms with Gasteiger partial charge in [-0.2, -0.15) is 0 Å². The molecule has 0 aliphatic carbocycles. The molecule has 1 aromatic rings. The van der Waals surface area contributed by atoms with Crippen molar-refractivity contribution in [3.05, 3.63) is 40.4 Å². The number of aliphatic carboxylic acids is 1. The number of esters is 1. The van der Waals surface area contributed by atoms with Crippen LogP contribution in [0.2, 0.25) is 0 Å². The smallest absolute Gasteiger partial charge is 0.356 e. The molecule has 0 amide bonds. The van der Waals surface area contributed by atoms with Crippen molar-refractivity contribution in [2.75, 3.05) is 0 Å². The molecule has 0 atom stereocenters. The molecule has 0 aliphatic rings. The summed E-state index contributed by atoms with van der Waals surface area (Å²) >= 11 is 10.7. The molecule has 1 rings (SSSR count). The van der Waals surface area contributed by atoms with E-state index < -0.39 is 22.0 Å². The molecule has 1 N–H and O–H groups in total. The van der Waals surface area contributed by atoms with Crippen LogP contribution in [0.15, 0.2) is 40.4 Å². The molecule has 0 saturated heterocycles. The first-order valence-corrected chi connectivity index (χ1v) is 4.83. The maximum atomic E-state index is 11.3. The largest absolute Gasteiger partial charge is 0.477 e. The first kappa shape index (κ1) is 12.5. The maximum absolute atomic E-state index is 11.3. The van der Waals surface area contributed by atoms with E-state index in [1.807, 2.05) is 0 Å². The Labute approximate surface area is 101 Å². The Morgan fingerprint density at radius 3 is 2.12 bits per heavy atom. The minimum Gasteiger partial charge on any atom is -0.477 e. The number of carbonyl (C=O) groups is 2. The minimum atomic E-state index is -1.49. The topological polar surface area (TPSA) is 63.6 Å². The number of ether oxygens (including phenoxy) is 1. The summed E-state index contributed by atoms with van der Waals surface area (Å²) in [6, 6.07) is 8.09. The highest BCUT2D eigenvalue weighted by atomic mass is 35.5. The molecule has 4 nitrogen and oxygen atoms in total. The summed E-state index contributed by atoms with van der Waals surface area (Å²) in [5.41, 5.74) is 0. The summed E-state index contributed by atoms with van der Waals surface area (Å²) in [4.78, 5) is 21.7. The molecule has 0 unspecified atom stereocenters. The predicted octanol–water partition coefficient (Wildman–Crippen LogP) is 2.37. The SMILES string of the molecule is O=C(O)/C(Cl)=C(/Cl)C(=O)Oc1ccccc1. The average molecular weight is 261 g/mol. The molecule has 0 aromatic heterocycles. The fraction of sp³-hybridized carbons (Fsp3) is 0. The summed E-state index contributed by atoms with van der Waals surface area (Å²) in [6.45, 7) is 0. The fourth-order valence-electron chi connectivity index (χ4n) is 0.824. The number of carbonyl (C=O) groups excluding carboxylic acids is 1. The maximum Gasteiger partial charge on any atom is 0.356 e. The summed E-state index contributed by atoms with van der Waals surface area (Å²) in [5.74, 6) is -2.25.